The second kappa shape index (κ2) is 8.74. The average molecular weight is 390 g/mol. The van der Waals surface area contributed by atoms with Crippen molar-refractivity contribution in [1.29, 1.82) is 0 Å². The maximum atomic E-state index is 12.3. The van der Waals surface area contributed by atoms with Gasteiger partial charge in [-0.05, 0) is 48.4 Å². The minimum absolute atomic E-state index is 0.168. The Morgan fingerprint density at radius 1 is 1.15 bits per heavy atom. The van der Waals surface area contributed by atoms with Crippen LogP contribution in [-0.2, 0) is 13.0 Å². The molecule has 1 amide bonds. The number of carbonyl (C=O) groups is 1. The second-order valence-electron chi connectivity index (χ2n) is 5.60. The molecule has 0 bridgehead atoms. The number of benzene rings is 1. The number of nitrogens with zero attached hydrogens (tertiary/aromatic N) is 1. The third-order valence-corrected chi connectivity index (χ3v) is 4.33. The van der Waals surface area contributed by atoms with E-state index in [0.717, 1.165) is 11.3 Å². The first-order valence-corrected chi connectivity index (χ1v) is 8.82. The average Bonchev–Trinajstić information content (AvgIpc) is 3.15. The molecule has 1 aromatic carbocycles. The van der Waals surface area contributed by atoms with Gasteiger partial charge in [-0.25, -0.2) is 4.98 Å². The molecule has 2 N–H and O–H groups in total. The van der Waals surface area contributed by atoms with Crippen LogP contribution in [0.25, 0.3) is 0 Å². The third-order valence-electron chi connectivity index (χ3n) is 3.74. The Morgan fingerprint density at radius 2 is 2.04 bits per heavy atom. The fraction of sp³-hybridized carbons (Fsp3) is 0.158. The topological polar surface area (TPSA) is 67.2 Å². The molecule has 3 aromatic rings. The zero-order valence-electron chi connectivity index (χ0n) is 13.8. The minimum Gasteiger partial charge on any atom is -0.467 e. The van der Waals surface area contributed by atoms with Crippen molar-refractivity contribution in [2.45, 2.75) is 13.0 Å². The van der Waals surface area contributed by atoms with Gasteiger partial charge >= 0.3 is 0 Å². The molecule has 0 aliphatic carbocycles. The Balaban J connectivity index is 1.53. The van der Waals surface area contributed by atoms with Crippen molar-refractivity contribution in [3.05, 3.63) is 81.9 Å². The Labute approximate surface area is 161 Å². The molecule has 2 heterocycles. The summed E-state index contributed by atoms with van der Waals surface area (Å²) in [5.41, 5.74) is 1.47. The highest BCUT2D eigenvalue weighted by Crippen LogP contribution is 2.21. The Hall–Kier alpha value is -2.50. The van der Waals surface area contributed by atoms with Crippen LogP contribution in [0, 0.1) is 0 Å². The number of aromatic nitrogens is 1. The van der Waals surface area contributed by atoms with Gasteiger partial charge in [0.2, 0.25) is 0 Å². The predicted octanol–water partition coefficient (Wildman–Crippen LogP) is 4.57. The van der Waals surface area contributed by atoms with Gasteiger partial charge in [0.25, 0.3) is 5.91 Å². The summed E-state index contributed by atoms with van der Waals surface area (Å²) in [6.07, 6.45) is 3.83. The maximum Gasteiger partial charge on any atom is 0.251 e. The van der Waals surface area contributed by atoms with Crippen LogP contribution in [0.3, 0.4) is 0 Å². The quantitative estimate of drug-likeness (QED) is 0.621. The maximum absolute atomic E-state index is 12.3. The SMILES string of the molecule is O=C(NCCc1ccc(Cl)cc1Cl)c1ccnc(NCc2ccco2)c1. The third kappa shape index (κ3) is 5.00. The molecule has 0 radical (unpaired) electrons. The van der Waals surface area contributed by atoms with Crippen molar-refractivity contribution in [2.24, 2.45) is 0 Å². The number of amides is 1. The minimum atomic E-state index is -0.168. The van der Waals surface area contributed by atoms with Crippen molar-refractivity contribution in [1.82, 2.24) is 10.3 Å². The highest BCUT2D eigenvalue weighted by Gasteiger charge is 2.08. The molecular formula is C19H17Cl2N3O2. The zero-order valence-corrected chi connectivity index (χ0v) is 15.3. The lowest BCUT2D eigenvalue weighted by Crippen LogP contribution is -2.25. The van der Waals surface area contributed by atoms with Crippen LogP contribution >= 0.6 is 23.2 Å². The van der Waals surface area contributed by atoms with E-state index < -0.39 is 0 Å². The van der Waals surface area contributed by atoms with Crippen LogP contribution in [0.5, 0.6) is 0 Å². The van der Waals surface area contributed by atoms with Gasteiger partial charge in [-0.15, -0.1) is 0 Å². The largest absolute Gasteiger partial charge is 0.467 e. The predicted molar refractivity (Wildman–Crippen MR) is 103 cm³/mol. The van der Waals surface area contributed by atoms with E-state index in [-0.39, 0.29) is 5.91 Å². The molecule has 7 heteroatoms. The standard InChI is InChI=1S/C19H17Cl2N3O2/c20-15-4-3-13(17(21)11-15)5-8-23-19(25)14-6-7-22-18(10-14)24-12-16-2-1-9-26-16/h1-4,6-7,9-11H,5,8,12H2,(H,22,24)(H,23,25). The van der Waals surface area contributed by atoms with Crippen molar-refractivity contribution in [3.8, 4) is 0 Å². The lowest BCUT2D eigenvalue weighted by Gasteiger charge is -2.09. The summed E-state index contributed by atoms with van der Waals surface area (Å²) in [5.74, 6) is 1.23. The number of rotatable bonds is 7. The first-order chi connectivity index (χ1) is 12.6. The molecule has 0 saturated heterocycles. The molecule has 0 aliphatic heterocycles. The summed E-state index contributed by atoms with van der Waals surface area (Å²) in [6, 6.07) is 12.4. The van der Waals surface area contributed by atoms with Gasteiger partial charge in [0.1, 0.15) is 11.6 Å². The van der Waals surface area contributed by atoms with Crippen LogP contribution in [0.15, 0.2) is 59.3 Å². The first kappa shape index (κ1) is 18.3. The highest BCUT2D eigenvalue weighted by atomic mass is 35.5. The lowest BCUT2D eigenvalue weighted by atomic mass is 10.1. The van der Waals surface area contributed by atoms with Crippen LogP contribution in [0.2, 0.25) is 10.0 Å². The van der Waals surface area contributed by atoms with Gasteiger partial charge in [0.05, 0.1) is 12.8 Å². The van der Waals surface area contributed by atoms with E-state index in [2.05, 4.69) is 15.6 Å². The molecule has 3 rings (SSSR count). The van der Waals surface area contributed by atoms with Gasteiger partial charge in [0, 0.05) is 28.4 Å². The van der Waals surface area contributed by atoms with E-state index in [0.29, 0.717) is 40.9 Å². The summed E-state index contributed by atoms with van der Waals surface area (Å²) in [7, 11) is 0. The molecular weight excluding hydrogens is 373 g/mol. The van der Waals surface area contributed by atoms with Crippen molar-refractivity contribution in [2.75, 3.05) is 11.9 Å². The van der Waals surface area contributed by atoms with Crippen LogP contribution in [0.4, 0.5) is 5.82 Å². The van der Waals surface area contributed by atoms with E-state index >= 15 is 0 Å². The molecule has 0 unspecified atom stereocenters. The molecule has 0 atom stereocenters. The summed E-state index contributed by atoms with van der Waals surface area (Å²) in [4.78, 5) is 16.5. The van der Waals surface area contributed by atoms with Gasteiger partial charge in [-0.3, -0.25) is 4.79 Å². The van der Waals surface area contributed by atoms with E-state index in [1.165, 1.54) is 0 Å². The summed E-state index contributed by atoms with van der Waals surface area (Å²) < 4.78 is 5.26. The number of anilines is 1. The molecule has 0 fully saturated rings. The smallest absolute Gasteiger partial charge is 0.251 e. The monoisotopic (exact) mass is 389 g/mol. The normalized spacial score (nSPS) is 10.5. The highest BCUT2D eigenvalue weighted by molar-refractivity contribution is 6.35. The van der Waals surface area contributed by atoms with Gasteiger partial charge in [-0.2, -0.15) is 0 Å². The lowest BCUT2D eigenvalue weighted by molar-refractivity contribution is 0.0954. The Morgan fingerprint density at radius 3 is 2.81 bits per heavy atom. The summed E-state index contributed by atoms with van der Waals surface area (Å²) in [6.45, 7) is 0.970. The number of furan rings is 1. The Bertz CT molecular complexity index is 882. The van der Waals surface area contributed by atoms with Crippen molar-refractivity contribution in [3.63, 3.8) is 0 Å². The fourth-order valence-corrected chi connectivity index (χ4v) is 2.90. The van der Waals surface area contributed by atoms with Crippen molar-refractivity contribution >= 4 is 34.9 Å². The molecule has 0 saturated carbocycles. The first-order valence-electron chi connectivity index (χ1n) is 8.06. The van der Waals surface area contributed by atoms with E-state index in [1.54, 1.807) is 36.7 Å². The number of carbonyl (C=O) groups excluding carboxylic acids is 1. The van der Waals surface area contributed by atoms with E-state index in [9.17, 15) is 4.79 Å². The molecule has 134 valence electrons. The summed E-state index contributed by atoms with van der Waals surface area (Å²) >= 11 is 12.0. The number of nitrogens with one attached hydrogen (secondary N) is 2. The van der Waals surface area contributed by atoms with E-state index in [1.807, 2.05) is 18.2 Å². The van der Waals surface area contributed by atoms with Gasteiger partial charge < -0.3 is 15.1 Å². The fourth-order valence-electron chi connectivity index (χ4n) is 2.40. The van der Waals surface area contributed by atoms with Gasteiger partial charge in [0.15, 0.2) is 0 Å². The number of hydrogen-bond acceptors (Lipinski definition) is 4. The zero-order chi connectivity index (χ0) is 18.4. The van der Waals surface area contributed by atoms with E-state index in [4.69, 9.17) is 27.6 Å². The Kier molecular flexibility index (Phi) is 6.15. The summed E-state index contributed by atoms with van der Waals surface area (Å²) in [5, 5.41) is 7.19. The van der Waals surface area contributed by atoms with Gasteiger partial charge in [-0.1, -0.05) is 29.3 Å². The molecule has 5 nitrogen and oxygen atoms in total. The number of hydrogen-bond donors (Lipinski definition) is 2. The molecule has 2 aromatic heterocycles. The molecule has 0 spiro atoms. The van der Waals surface area contributed by atoms with Crippen LogP contribution < -0.4 is 10.6 Å². The second-order valence-corrected chi connectivity index (χ2v) is 6.45. The van der Waals surface area contributed by atoms with Crippen molar-refractivity contribution < 1.29 is 9.21 Å². The van der Waals surface area contributed by atoms with Crippen LogP contribution in [0.1, 0.15) is 21.7 Å². The number of pyridine rings is 1. The van der Waals surface area contributed by atoms with Crippen LogP contribution in [-0.4, -0.2) is 17.4 Å². The molecule has 0 aliphatic rings. The number of halogens is 2. The molecule has 26 heavy (non-hydrogen) atoms.